The zero-order valence-corrected chi connectivity index (χ0v) is 42.9. The van der Waals surface area contributed by atoms with Crippen molar-refractivity contribution in [2.24, 2.45) is 0 Å². The molecule has 0 aromatic heterocycles. The van der Waals surface area contributed by atoms with E-state index in [4.69, 9.17) is 18.9 Å². The highest BCUT2D eigenvalue weighted by molar-refractivity contribution is 5.70. The first-order valence-corrected chi connectivity index (χ1v) is 26.8. The molecule has 0 aromatic rings. The Labute approximate surface area is 400 Å². The van der Waals surface area contributed by atoms with Crippen molar-refractivity contribution in [3.63, 3.8) is 0 Å². The largest absolute Gasteiger partial charge is 0.545 e. The van der Waals surface area contributed by atoms with Crippen LogP contribution in [-0.2, 0) is 33.3 Å². The van der Waals surface area contributed by atoms with Gasteiger partial charge in [-0.05, 0) is 51.4 Å². The summed E-state index contributed by atoms with van der Waals surface area (Å²) in [5, 5.41) is 11.7. The Morgan fingerprint density at radius 2 is 0.877 bits per heavy atom. The Morgan fingerprint density at radius 3 is 1.31 bits per heavy atom. The molecule has 0 amide bonds. The van der Waals surface area contributed by atoms with Crippen molar-refractivity contribution in [3.05, 3.63) is 48.6 Å². The predicted molar refractivity (Wildman–Crippen MR) is 269 cm³/mol. The van der Waals surface area contributed by atoms with Crippen LogP contribution in [0.2, 0.25) is 0 Å². The summed E-state index contributed by atoms with van der Waals surface area (Å²) in [6, 6.07) is 0. The minimum Gasteiger partial charge on any atom is -0.545 e. The fourth-order valence-corrected chi connectivity index (χ4v) is 7.47. The van der Waals surface area contributed by atoms with Crippen LogP contribution >= 0.6 is 0 Å². The minimum absolute atomic E-state index is 0.148. The number of nitrogens with zero attached hydrogens (tertiary/aromatic N) is 1. The van der Waals surface area contributed by atoms with Crippen LogP contribution in [-0.4, -0.2) is 82.3 Å². The minimum atomic E-state index is -1.62. The summed E-state index contributed by atoms with van der Waals surface area (Å²) in [7, 11) is 5.92. The summed E-state index contributed by atoms with van der Waals surface area (Å²) < 4.78 is 22.7. The zero-order valence-electron chi connectivity index (χ0n) is 42.9. The number of carboxylic acids is 1. The molecule has 65 heavy (non-hydrogen) atoms. The van der Waals surface area contributed by atoms with E-state index in [1.165, 1.54) is 135 Å². The summed E-state index contributed by atoms with van der Waals surface area (Å²) in [5.41, 5.74) is 0. The lowest BCUT2D eigenvalue weighted by atomic mass is 10.0. The molecule has 0 spiro atoms. The number of aliphatic carboxylic acids is 1. The molecular formula is C56H101NO8. The molecule has 0 aliphatic carbocycles. The van der Waals surface area contributed by atoms with Crippen molar-refractivity contribution >= 4 is 17.9 Å². The van der Waals surface area contributed by atoms with Crippen molar-refractivity contribution in [2.45, 2.75) is 245 Å². The van der Waals surface area contributed by atoms with Gasteiger partial charge in [0.25, 0.3) is 0 Å². The van der Waals surface area contributed by atoms with Crippen LogP contribution < -0.4 is 5.11 Å². The van der Waals surface area contributed by atoms with E-state index in [-0.39, 0.29) is 32.2 Å². The molecule has 378 valence electrons. The molecule has 0 aliphatic heterocycles. The summed E-state index contributed by atoms with van der Waals surface area (Å²) in [4.78, 5) is 37.2. The van der Waals surface area contributed by atoms with Gasteiger partial charge in [-0.25, -0.2) is 0 Å². The van der Waals surface area contributed by atoms with Crippen LogP contribution in [0, 0.1) is 0 Å². The first kappa shape index (κ1) is 62.2. The number of ether oxygens (including phenoxy) is 4. The zero-order chi connectivity index (χ0) is 47.7. The average Bonchev–Trinajstić information content (AvgIpc) is 3.27. The number of quaternary nitrogens is 1. The van der Waals surface area contributed by atoms with E-state index in [0.717, 1.165) is 64.2 Å². The Kier molecular flexibility index (Phi) is 45.7. The summed E-state index contributed by atoms with van der Waals surface area (Å²) >= 11 is 0. The second-order valence-electron chi connectivity index (χ2n) is 19.1. The van der Waals surface area contributed by atoms with Crippen LogP contribution in [0.5, 0.6) is 0 Å². The third kappa shape index (κ3) is 49.0. The van der Waals surface area contributed by atoms with Gasteiger partial charge in [0.1, 0.15) is 13.2 Å². The number of unbranched alkanes of at least 4 members (excludes halogenated alkanes) is 26. The molecule has 9 heteroatoms. The molecule has 0 aliphatic rings. The van der Waals surface area contributed by atoms with Gasteiger partial charge in [-0.15, -0.1) is 0 Å². The van der Waals surface area contributed by atoms with E-state index in [2.05, 4.69) is 62.5 Å². The summed E-state index contributed by atoms with van der Waals surface area (Å²) in [6.45, 7) is 4.65. The number of likely N-dealkylation sites (N-methyl/N-ethyl adjacent to an activating group) is 1. The highest BCUT2D eigenvalue weighted by Gasteiger charge is 2.22. The number of allylic oxidation sites excluding steroid dienone is 8. The number of esters is 2. The standard InChI is InChI=1S/C56H101NO8/c1-6-8-10-12-14-16-18-20-22-23-24-25-26-27-28-29-30-31-33-35-37-39-41-43-45-47-54(59)65-52(51-64-56(55(60)61)62-49-48-57(3,4)5)50-63-53(58)46-44-42-40-38-36-34-32-21-19-17-15-13-11-9-7-2/h8,10,14,16,20,22,24-25,52,56H,6-7,9,11-13,15,17-19,21,23,26-51H2,1-5H3/b10-8-,16-14-,22-20-,25-24-. The molecule has 0 heterocycles. The van der Waals surface area contributed by atoms with Crippen molar-refractivity contribution in [3.8, 4) is 0 Å². The van der Waals surface area contributed by atoms with Gasteiger partial charge >= 0.3 is 11.9 Å². The van der Waals surface area contributed by atoms with E-state index in [1.54, 1.807) is 0 Å². The molecule has 0 rings (SSSR count). The predicted octanol–water partition coefficient (Wildman–Crippen LogP) is 13.8. The lowest BCUT2D eigenvalue weighted by molar-refractivity contribution is -0.870. The normalized spacial score (nSPS) is 13.2. The van der Waals surface area contributed by atoms with Crippen molar-refractivity contribution in [2.75, 3.05) is 47.5 Å². The Hall–Kier alpha value is -2.75. The molecule has 2 atom stereocenters. The van der Waals surface area contributed by atoms with E-state index < -0.39 is 24.3 Å². The number of carbonyl (C=O) groups is 3. The Bertz CT molecular complexity index is 1210. The van der Waals surface area contributed by atoms with E-state index in [0.29, 0.717) is 23.9 Å². The maximum Gasteiger partial charge on any atom is 0.306 e. The van der Waals surface area contributed by atoms with E-state index >= 15 is 0 Å². The van der Waals surface area contributed by atoms with E-state index in [9.17, 15) is 19.5 Å². The Balaban J connectivity index is 4.26. The molecular weight excluding hydrogens is 815 g/mol. The third-order valence-corrected chi connectivity index (χ3v) is 11.6. The summed E-state index contributed by atoms with van der Waals surface area (Å²) in [5.74, 6) is -2.28. The van der Waals surface area contributed by atoms with Crippen molar-refractivity contribution in [1.29, 1.82) is 0 Å². The monoisotopic (exact) mass is 916 g/mol. The number of hydrogen-bond acceptors (Lipinski definition) is 8. The van der Waals surface area contributed by atoms with Crippen LogP contribution in [0.1, 0.15) is 232 Å². The quantitative estimate of drug-likeness (QED) is 0.0195. The van der Waals surface area contributed by atoms with E-state index in [1.807, 2.05) is 21.1 Å². The number of hydrogen-bond donors (Lipinski definition) is 0. The smallest absolute Gasteiger partial charge is 0.306 e. The van der Waals surface area contributed by atoms with Gasteiger partial charge in [0, 0.05) is 12.8 Å². The number of carboxylic acid groups (broad SMARTS) is 1. The SMILES string of the molecule is CC/C=C\C/C=C\C/C=C\C/C=C\CCCCCCCCCCCCCCC(=O)OC(COC(=O)CCCCCCCCCCCCCCCCC)COC(OCC[N+](C)(C)C)C(=O)[O-]. The van der Waals surface area contributed by atoms with Gasteiger partial charge < -0.3 is 33.3 Å². The molecule has 9 nitrogen and oxygen atoms in total. The first-order chi connectivity index (χ1) is 31.6. The Morgan fingerprint density at radius 1 is 0.477 bits per heavy atom. The highest BCUT2D eigenvalue weighted by atomic mass is 16.7. The lowest BCUT2D eigenvalue weighted by Crippen LogP contribution is -2.44. The highest BCUT2D eigenvalue weighted by Crippen LogP contribution is 2.16. The lowest BCUT2D eigenvalue weighted by Gasteiger charge is -2.26. The fraction of sp³-hybridized carbons (Fsp3) is 0.804. The molecule has 0 saturated heterocycles. The topological polar surface area (TPSA) is 111 Å². The first-order valence-electron chi connectivity index (χ1n) is 26.8. The second-order valence-corrected chi connectivity index (χ2v) is 19.1. The van der Waals surface area contributed by atoms with Crippen LogP contribution in [0.3, 0.4) is 0 Å². The van der Waals surface area contributed by atoms with Gasteiger partial charge in [0.05, 0.1) is 40.3 Å². The average molecular weight is 916 g/mol. The van der Waals surface area contributed by atoms with Crippen LogP contribution in [0.25, 0.3) is 0 Å². The molecule has 0 aromatic carbocycles. The van der Waals surface area contributed by atoms with Crippen molar-refractivity contribution < 1.29 is 42.9 Å². The summed E-state index contributed by atoms with van der Waals surface area (Å²) in [6.07, 6.45) is 54.3. The molecule has 0 bridgehead atoms. The maximum absolute atomic E-state index is 12.8. The number of carbonyl (C=O) groups excluding carboxylic acids is 3. The fourth-order valence-electron chi connectivity index (χ4n) is 7.47. The second kappa shape index (κ2) is 47.7. The maximum atomic E-state index is 12.8. The molecule has 0 fully saturated rings. The van der Waals surface area contributed by atoms with Crippen LogP contribution in [0.4, 0.5) is 0 Å². The van der Waals surface area contributed by atoms with Gasteiger partial charge in [-0.3, -0.25) is 9.59 Å². The van der Waals surface area contributed by atoms with Gasteiger partial charge in [-0.1, -0.05) is 217 Å². The number of rotatable bonds is 49. The van der Waals surface area contributed by atoms with Gasteiger partial charge in [0.2, 0.25) is 0 Å². The molecule has 0 radical (unpaired) electrons. The third-order valence-electron chi connectivity index (χ3n) is 11.6. The van der Waals surface area contributed by atoms with Crippen LogP contribution in [0.15, 0.2) is 48.6 Å². The molecule has 0 saturated carbocycles. The van der Waals surface area contributed by atoms with Gasteiger partial charge in [0.15, 0.2) is 12.4 Å². The van der Waals surface area contributed by atoms with Crippen molar-refractivity contribution in [1.82, 2.24) is 0 Å². The molecule has 2 unspecified atom stereocenters. The molecule has 0 N–H and O–H groups in total. The van der Waals surface area contributed by atoms with Gasteiger partial charge in [-0.2, -0.15) is 0 Å².